The first-order valence-electron chi connectivity index (χ1n) is 6.36. The largest absolute Gasteiger partial charge is 0.382 e. The highest BCUT2D eigenvalue weighted by molar-refractivity contribution is 7.18. The average molecular weight is 311 g/mol. The molecular formula is C12H17N5OS2. The predicted octanol–water partition coefficient (Wildman–Crippen LogP) is 2.11. The van der Waals surface area contributed by atoms with Crippen molar-refractivity contribution in [3.8, 4) is 0 Å². The fourth-order valence-corrected chi connectivity index (χ4v) is 3.22. The van der Waals surface area contributed by atoms with Crippen LogP contribution in [0.15, 0.2) is 6.20 Å². The van der Waals surface area contributed by atoms with Crippen LogP contribution in [0.4, 0.5) is 10.9 Å². The third-order valence-electron chi connectivity index (χ3n) is 2.54. The second-order valence-corrected chi connectivity index (χ2v) is 6.22. The summed E-state index contributed by atoms with van der Waals surface area (Å²) in [4.78, 5) is 22.1. The molecule has 8 heteroatoms. The molecule has 0 aromatic carbocycles. The van der Waals surface area contributed by atoms with E-state index in [0.29, 0.717) is 16.6 Å². The standard InChI is InChI=1S/C12H17N5OS2/c1-3-7-5-15-8(19-7)6-16-11(18)9-10(13)17-12(20-9)14-4-2/h5H,3-4,6,13H2,1-2H3,(H,14,17)(H,16,18). The Morgan fingerprint density at radius 2 is 2.20 bits per heavy atom. The summed E-state index contributed by atoms with van der Waals surface area (Å²) in [5.74, 6) is 0.0502. The van der Waals surface area contributed by atoms with Gasteiger partial charge in [0, 0.05) is 17.6 Å². The Morgan fingerprint density at radius 3 is 2.85 bits per heavy atom. The van der Waals surface area contributed by atoms with Gasteiger partial charge in [0.15, 0.2) is 5.13 Å². The molecule has 0 spiro atoms. The van der Waals surface area contributed by atoms with Crippen molar-refractivity contribution in [2.45, 2.75) is 26.8 Å². The van der Waals surface area contributed by atoms with Crippen molar-refractivity contribution in [3.05, 3.63) is 21.0 Å². The van der Waals surface area contributed by atoms with Gasteiger partial charge in [-0.2, -0.15) is 0 Å². The van der Waals surface area contributed by atoms with Gasteiger partial charge in [-0.05, 0) is 13.3 Å². The number of thiazole rings is 2. The third-order valence-corrected chi connectivity index (χ3v) is 4.71. The fourth-order valence-electron chi connectivity index (χ4n) is 1.55. The number of amides is 1. The average Bonchev–Trinajstić information content (AvgIpc) is 3.03. The van der Waals surface area contributed by atoms with E-state index >= 15 is 0 Å². The number of rotatable bonds is 6. The van der Waals surface area contributed by atoms with Gasteiger partial charge in [0.2, 0.25) is 0 Å². The molecule has 108 valence electrons. The SMILES string of the molecule is CCNc1nc(N)c(C(=O)NCc2ncc(CC)s2)s1. The number of anilines is 2. The van der Waals surface area contributed by atoms with Crippen molar-refractivity contribution < 1.29 is 4.79 Å². The number of hydrogen-bond acceptors (Lipinski definition) is 7. The van der Waals surface area contributed by atoms with Crippen LogP contribution in [0.25, 0.3) is 0 Å². The van der Waals surface area contributed by atoms with Crippen LogP contribution in [-0.2, 0) is 13.0 Å². The van der Waals surface area contributed by atoms with E-state index in [0.717, 1.165) is 18.0 Å². The van der Waals surface area contributed by atoms with Crippen LogP contribution >= 0.6 is 22.7 Å². The van der Waals surface area contributed by atoms with E-state index in [1.54, 1.807) is 11.3 Å². The quantitative estimate of drug-likeness (QED) is 0.760. The van der Waals surface area contributed by atoms with Crippen LogP contribution in [0.1, 0.15) is 33.4 Å². The summed E-state index contributed by atoms with van der Waals surface area (Å²) in [5.41, 5.74) is 5.75. The third kappa shape index (κ3) is 3.45. The van der Waals surface area contributed by atoms with Gasteiger partial charge in [0.05, 0.1) is 6.54 Å². The number of nitrogens with two attached hydrogens (primary N) is 1. The molecule has 0 aliphatic carbocycles. The maximum absolute atomic E-state index is 12.1. The molecular weight excluding hydrogens is 294 g/mol. The van der Waals surface area contributed by atoms with Crippen LogP contribution in [0.2, 0.25) is 0 Å². The Morgan fingerprint density at radius 1 is 1.40 bits per heavy atom. The summed E-state index contributed by atoms with van der Waals surface area (Å²) < 4.78 is 0. The van der Waals surface area contributed by atoms with Crippen LogP contribution in [0.5, 0.6) is 0 Å². The summed E-state index contributed by atoms with van der Waals surface area (Å²) in [6.45, 7) is 5.20. The number of carbonyl (C=O) groups is 1. The molecule has 2 aromatic rings. The molecule has 0 fully saturated rings. The van der Waals surface area contributed by atoms with Crippen molar-refractivity contribution in [1.29, 1.82) is 0 Å². The lowest BCUT2D eigenvalue weighted by Crippen LogP contribution is -2.22. The number of carbonyl (C=O) groups excluding carboxylic acids is 1. The second-order valence-electron chi connectivity index (χ2n) is 4.02. The zero-order valence-electron chi connectivity index (χ0n) is 11.4. The summed E-state index contributed by atoms with van der Waals surface area (Å²) in [7, 11) is 0. The normalized spacial score (nSPS) is 10.5. The van der Waals surface area contributed by atoms with Gasteiger partial charge in [-0.25, -0.2) is 9.97 Å². The summed E-state index contributed by atoms with van der Waals surface area (Å²) in [6.07, 6.45) is 2.80. The highest BCUT2D eigenvalue weighted by Gasteiger charge is 2.16. The van der Waals surface area contributed by atoms with Gasteiger partial charge in [-0.1, -0.05) is 18.3 Å². The summed E-state index contributed by atoms with van der Waals surface area (Å²) in [6, 6.07) is 0. The molecule has 1 amide bonds. The lowest BCUT2D eigenvalue weighted by atomic mass is 10.4. The molecule has 0 aliphatic rings. The Kier molecular flexibility index (Phi) is 4.91. The first kappa shape index (κ1) is 14.7. The Hall–Kier alpha value is -1.67. The predicted molar refractivity (Wildman–Crippen MR) is 83.4 cm³/mol. The molecule has 0 atom stereocenters. The number of nitrogens with zero attached hydrogens (tertiary/aromatic N) is 2. The smallest absolute Gasteiger partial charge is 0.265 e. The zero-order chi connectivity index (χ0) is 14.5. The molecule has 0 saturated heterocycles. The lowest BCUT2D eigenvalue weighted by molar-refractivity contribution is 0.0955. The molecule has 0 bridgehead atoms. The Balaban J connectivity index is 1.97. The van der Waals surface area contributed by atoms with Crippen molar-refractivity contribution in [2.24, 2.45) is 0 Å². The van der Waals surface area contributed by atoms with Gasteiger partial charge < -0.3 is 16.4 Å². The molecule has 0 radical (unpaired) electrons. The number of nitrogen functional groups attached to an aromatic ring is 1. The van der Waals surface area contributed by atoms with Gasteiger partial charge in [-0.3, -0.25) is 4.79 Å². The first-order valence-corrected chi connectivity index (χ1v) is 7.99. The first-order chi connectivity index (χ1) is 9.63. The van der Waals surface area contributed by atoms with Crippen LogP contribution in [0, 0.1) is 0 Å². The van der Waals surface area contributed by atoms with Gasteiger partial charge >= 0.3 is 0 Å². The van der Waals surface area contributed by atoms with E-state index in [2.05, 4.69) is 27.5 Å². The number of hydrogen-bond donors (Lipinski definition) is 3. The summed E-state index contributed by atoms with van der Waals surface area (Å²) >= 11 is 2.87. The molecule has 4 N–H and O–H groups in total. The highest BCUT2D eigenvalue weighted by atomic mass is 32.1. The number of nitrogens with one attached hydrogen (secondary N) is 2. The minimum Gasteiger partial charge on any atom is -0.382 e. The molecule has 0 saturated carbocycles. The second kappa shape index (κ2) is 6.67. The number of aryl methyl sites for hydroxylation is 1. The van der Waals surface area contributed by atoms with Gasteiger partial charge in [0.1, 0.15) is 15.7 Å². The van der Waals surface area contributed by atoms with Crippen LogP contribution in [0.3, 0.4) is 0 Å². The molecule has 0 unspecified atom stereocenters. The molecule has 2 aromatic heterocycles. The Labute approximate surface area is 125 Å². The fraction of sp³-hybridized carbons (Fsp3) is 0.417. The maximum atomic E-state index is 12.1. The van der Waals surface area contributed by atoms with Gasteiger partial charge in [0.25, 0.3) is 5.91 Å². The van der Waals surface area contributed by atoms with E-state index in [-0.39, 0.29) is 11.7 Å². The van der Waals surface area contributed by atoms with Crippen LogP contribution in [-0.4, -0.2) is 22.4 Å². The monoisotopic (exact) mass is 311 g/mol. The number of aromatic nitrogens is 2. The van der Waals surface area contributed by atoms with Crippen molar-refractivity contribution in [3.63, 3.8) is 0 Å². The lowest BCUT2D eigenvalue weighted by Gasteiger charge is -2.00. The van der Waals surface area contributed by atoms with Crippen molar-refractivity contribution in [2.75, 3.05) is 17.6 Å². The maximum Gasteiger partial charge on any atom is 0.265 e. The van der Waals surface area contributed by atoms with E-state index in [1.165, 1.54) is 16.2 Å². The minimum absolute atomic E-state index is 0.211. The molecule has 2 rings (SSSR count). The van der Waals surface area contributed by atoms with E-state index in [1.807, 2.05) is 13.1 Å². The minimum atomic E-state index is -0.211. The topological polar surface area (TPSA) is 92.9 Å². The summed E-state index contributed by atoms with van der Waals surface area (Å²) in [5, 5.41) is 7.42. The van der Waals surface area contributed by atoms with Crippen LogP contribution < -0.4 is 16.4 Å². The van der Waals surface area contributed by atoms with Crippen molar-refractivity contribution >= 4 is 39.5 Å². The Bertz CT molecular complexity index is 592. The molecule has 2 heterocycles. The van der Waals surface area contributed by atoms with E-state index in [4.69, 9.17) is 5.73 Å². The molecule has 20 heavy (non-hydrogen) atoms. The van der Waals surface area contributed by atoms with E-state index < -0.39 is 0 Å². The van der Waals surface area contributed by atoms with E-state index in [9.17, 15) is 4.79 Å². The highest BCUT2D eigenvalue weighted by Crippen LogP contribution is 2.24. The molecule has 6 nitrogen and oxygen atoms in total. The zero-order valence-corrected chi connectivity index (χ0v) is 13.0. The van der Waals surface area contributed by atoms with Gasteiger partial charge in [-0.15, -0.1) is 11.3 Å². The van der Waals surface area contributed by atoms with Crippen molar-refractivity contribution in [1.82, 2.24) is 15.3 Å². The molecule has 0 aliphatic heterocycles.